The summed E-state index contributed by atoms with van der Waals surface area (Å²) in [6.07, 6.45) is -2.15. The number of carbonyl (C=O) groups excluding carboxylic acids is 2. The number of aromatic nitrogens is 2. The summed E-state index contributed by atoms with van der Waals surface area (Å²) >= 11 is 12.3. The first-order valence-corrected chi connectivity index (χ1v) is 13.1. The smallest absolute Gasteiger partial charge is 0.433 e. The average molecular weight is 574 g/mol. The number of aliphatic carboxylic acids is 1. The van der Waals surface area contributed by atoms with E-state index in [0.717, 1.165) is 10.9 Å². The van der Waals surface area contributed by atoms with Crippen LogP contribution in [0.4, 0.5) is 13.2 Å². The number of Topliss-reactive ketones (excluding diaryl/α,β-unsaturated/α-hetero) is 1. The molecule has 206 valence electrons. The van der Waals surface area contributed by atoms with E-state index in [2.05, 4.69) is 5.10 Å². The van der Waals surface area contributed by atoms with E-state index in [9.17, 15) is 32.7 Å². The second-order valence-corrected chi connectivity index (χ2v) is 11.7. The van der Waals surface area contributed by atoms with Crippen LogP contribution in [0.5, 0.6) is 0 Å². The Kier molecular flexibility index (Phi) is 7.87. The minimum absolute atomic E-state index is 0.00847. The van der Waals surface area contributed by atoms with Gasteiger partial charge in [-0.25, -0.2) is 0 Å². The van der Waals surface area contributed by atoms with E-state index in [4.69, 9.17) is 23.2 Å². The molecule has 2 aliphatic rings. The third kappa shape index (κ3) is 5.71. The molecule has 1 aromatic carbocycles. The maximum Gasteiger partial charge on any atom is 0.433 e. The highest BCUT2D eigenvalue weighted by Gasteiger charge is 2.47. The molecule has 0 saturated heterocycles. The van der Waals surface area contributed by atoms with Crippen molar-refractivity contribution in [1.29, 1.82) is 0 Å². The monoisotopic (exact) mass is 573 g/mol. The molecule has 0 atom stereocenters. The van der Waals surface area contributed by atoms with Crippen LogP contribution in [0.1, 0.15) is 84.8 Å². The van der Waals surface area contributed by atoms with E-state index in [1.54, 1.807) is 6.07 Å². The molecular formula is C26H28Cl2F3N3O4. The Morgan fingerprint density at radius 1 is 1.11 bits per heavy atom. The number of alkyl halides is 3. The van der Waals surface area contributed by atoms with E-state index in [0.29, 0.717) is 12.8 Å². The van der Waals surface area contributed by atoms with Gasteiger partial charge in [-0.05, 0) is 56.1 Å². The van der Waals surface area contributed by atoms with Crippen molar-refractivity contribution < 1.29 is 32.7 Å². The number of hydrogen-bond acceptors (Lipinski definition) is 4. The minimum Gasteiger partial charge on any atom is -0.481 e. The number of amides is 1. The van der Waals surface area contributed by atoms with Gasteiger partial charge in [-0.1, -0.05) is 43.1 Å². The molecule has 0 unspecified atom stereocenters. The Hall–Kier alpha value is -2.59. The van der Waals surface area contributed by atoms with Crippen molar-refractivity contribution in [2.24, 2.45) is 11.3 Å². The van der Waals surface area contributed by atoms with Gasteiger partial charge in [0.2, 0.25) is 0 Å². The molecular weight excluding hydrogens is 546 g/mol. The molecule has 0 radical (unpaired) electrons. The molecule has 1 N–H and O–H groups in total. The van der Waals surface area contributed by atoms with Crippen LogP contribution in [0.15, 0.2) is 24.4 Å². The summed E-state index contributed by atoms with van der Waals surface area (Å²) in [5, 5.41) is 13.4. The lowest BCUT2D eigenvalue weighted by molar-refractivity contribution is -0.147. The molecule has 12 heteroatoms. The molecule has 1 aromatic heterocycles. The number of carboxylic acids is 1. The van der Waals surface area contributed by atoms with E-state index in [1.165, 1.54) is 17.0 Å². The molecule has 1 amide bonds. The Labute approximate surface area is 227 Å². The standard InChI is InChI=1S/C26H28Cl2F3N3O4/c1-25(2)10-16(11-25)33(13-20(35)21-18(27)4-3-5-19(21)28)23(36)17-12-32-34(22(17)26(29,30)31)15-8-6-14(7-9-15)24(37)38/h3-5,12,14-16H,6-11,13H2,1-2H3,(H,37,38). The highest BCUT2D eigenvalue weighted by Crippen LogP contribution is 2.44. The van der Waals surface area contributed by atoms with Crippen molar-refractivity contribution in [2.45, 2.75) is 70.6 Å². The SMILES string of the molecule is CC1(C)CC(N(CC(=O)c2c(Cl)cccc2Cl)C(=O)c2cnn(C3CCC(C(=O)O)CC3)c2C(F)(F)F)C1. The van der Waals surface area contributed by atoms with E-state index >= 15 is 0 Å². The van der Waals surface area contributed by atoms with Gasteiger partial charge in [-0.15, -0.1) is 0 Å². The van der Waals surface area contributed by atoms with Crippen LogP contribution in [0.2, 0.25) is 10.0 Å². The normalized spacial score (nSPS) is 21.6. The second-order valence-electron chi connectivity index (χ2n) is 10.9. The number of halogens is 5. The van der Waals surface area contributed by atoms with Crippen LogP contribution in [0.3, 0.4) is 0 Å². The molecule has 2 saturated carbocycles. The maximum absolute atomic E-state index is 14.4. The molecule has 0 bridgehead atoms. The number of carbonyl (C=O) groups is 3. The summed E-state index contributed by atoms with van der Waals surface area (Å²) in [6, 6.07) is 3.38. The van der Waals surface area contributed by atoms with Crippen molar-refractivity contribution in [2.75, 3.05) is 6.54 Å². The molecule has 0 spiro atoms. The van der Waals surface area contributed by atoms with Crippen molar-refractivity contribution in [3.05, 3.63) is 51.3 Å². The average Bonchev–Trinajstić information content (AvgIpc) is 3.26. The van der Waals surface area contributed by atoms with Gasteiger partial charge in [0.05, 0.1) is 45.9 Å². The lowest BCUT2D eigenvalue weighted by Crippen LogP contribution is -2.53. The van der Waals surface area contributed by atoms with Gasteiger partial charge < -0.3 is 10.0 Å². The Morgan fingerprint density at radius 2 is 1.68 bits per heavy atom. The largest absolute Gasteiger partial charge is 0.481 e. The van der Waals surface area contributed by atoms with Gasteiger partial charge >= 0.3 is 12.1 Å². The predicted molar refractivity (Wildman–Crippen MR) is 134 cm³/mol. The number of carboxylic acid groups (broad SMARTS) is 1. The second kappa shape index (κ2) is 10.5. The summed E-state index contributed by atoms with van der Waals surface area (Å²) in [5.74, 6) is -3.11. The first kappa shape index (κ1) is 28.4. The number of rotatable bonds is 7. The lowest BCUT2D eigenvalue weighted by atomic mass is 9.67. The van der Waals surface area contributed by atoms with Crippen LogP contribution in [0.25, 0.3) is 0 Å². The minimum atomic E-state index is -4.90. The number of benzene rings is 1. The van der Waals surface area contributed by atoms with Crippen molar-refractivity contribution in [3.63, 3.8) is 0 Å². The number of hydrogen-bond donors (Lipinski definition) is 1. The van der Waals surface area contributed by atoms with E-state index < -0.39 is 59.6 Å². The highest BCUT2D eigenvalue weighted by molar-refractivity contribution is 6.40. The predicted octanol–water partition coefficient (Wildman–Crippen LogP) is 6.54. The summed E-state index contributed by atoms with van der Waals surface area (Å²) in [5.41, 5.74) is -1.95. The van der Waals surface area contributed by atoms with Gasteiger partial charge in [0.1, 0.15) is 0 Å². The van der Waals surface area contributed by atoms with E-state index in [1.807, 2.05) is 13.8 Å². The maximum atomic E-state index is 14.4. The summed E-state index contributed by atoms with van der Waals surface area (Å²) in [4.78, 5) is 39.4. The van der Waals surface area contributed by atoms with Crippen LogP contribution < -0.4 is 0 Å². The molecule has 4 rings (SSSR count). The van der Waals surface area contributed by atoms with Crippen molar-refractivity contribution in [1.82, 2.24) is 14.7 Å². The Bertz CT molecular complexity index is 1220. The van der Waals surface area contributed by atoms with Gasteiger partial charge in [0.25, 0.3) is 5.91 Å². The highest BCUT2D eigenvalue weighted by atomic mass is 35.5. The van der Waals surface area contributed by atoms with Gasteiger partial charge in [-0.2, -0.15) is 18.3 Å². The molecule has 2 aromatic rings. The molecule has 38 heavy (non-hydrogen) atoms. The van der Waals surface area contributed by atoms with Gasteiger partial charge in [0.15, 0.2) is 11.5 Å². The first-order valence-electron chi connectivity index (χ1n) is 12.4. The van der Waals surface area contributed by atoms with Crippen LogP contribution in [-0.2, 0) is 11.0 Å². The molecule has 2 fully saturated rings. The molecule has 2 aliphatic carbocycles. The topological polar surface area (TPSA) is 92.5 Å². The quantitative estimate of drug-likeness (QED) is 0.380. The zero-order chi connectivity index (χ0) is 28.0. The molecule has 0 aliphatic heterocycles. The molecule has 1 heterocycles. The van der Waals surface area contributed by atoms with Crippen LogP contribution in [-0.4, -0.2) is 50.0 Å². The summed E-state index contributed by atoms with van der Waals surface area (Å²) in [6.45, 7) is 3.46. The Morgan fingerprint density at radius 3 is 2.18 bits per heavy atom. The summed E-state index contributed by atoms with van der Waals surface area (Å²) in [7, 11) is 0. The van der Waals surface area contributed by atoms with Crippen LogP contribution in [0, 0.1) is 11.3 Å². The third-order valence-corrected chi connectivity index (χ3v) is 8.15. The zero-order valence-electron chi connectivity index (χ0n) is 20.9. The first-order chi connectivity index (χ1) is 17.7. The van der Waals surface area contributed by atoms with Gasteiger partial charge in [0, 0.05) is 6.04 Å². The Balaban J connectivity index is 1.67. The number of ketones is 1. The number of nitrogens with zero attached hydrogens (tertiary/aromatic N) is 3. The molecule has 7 nitrogen and oxygen atoms in total. The zero-order valence-corrected chi connectivity index (χ0v) is 22.4. The lowest BCUT2D eigenvalue weighted by Gasteiger charge is -2.48. The van der Waals surface area contributed by atoms with Crippen LogP contribution >= 0.6 is 23.2 Å². The summed E-state index contributed by atoms with van der Waals surface area (Å²) < 4.78 is 43.9. The van der Waals surface area contributed by atoms with Crippen molar-refractivity contribution in [3.8, 4) is 0 Å². The van der Waals surface area contributed by atoms with Crippen molar-refractivity contribution >= 4 is 40.9 Å². The fourth-order valence-electron chi connectivity index (χ4n) is 5.60. The van der Waals surface area contributed by atoms with E-state index in [-0.39, 0.29) is 46.7 Å². The fraction of sp³-hybridized carbons (Fsp3) is 0.538. The third-order valence-electron chi connectivity index (χ3n) is 7.52. The van der Waals surface area contributed by atoms with Gasteiger partial charge in [-0.3, -0.25) is 19.1 Å². The fourth-order valence-corrected chi connectivity index (χ4v) is 6.21.